The summed E-state index contributed by atoms with van der Waals surface area (Å²) in [6, 6.07) is 0.957. The first-order valence-corrected chi connectivity index (χ1v) is 10.8. The van der Waals surface area contributed by atoms with Gasteiger partial charge >= 0.3 is 6.09 Å². The number of likely N-dealkylation sites (tertiary alicyclic amines) is 2. The van der Waals surface area contributed by atoms with Crippen LogP contribution in [0, 0.1) is 0 Å². The topological polar surface area (TPSA) is 69.2 Å². The zero-order valence-corrected chi connectivity index (χ0v) is 17.5. The summed E-state index contributed by atoms with van der Waals surface area (Å²) in [7, 11) is 1.83. The van der Waals surface area contributed by atoms with Gasteiger partial charge in [0.1, 0.15) is 0 Å². The quantitative estimate of drug-likeness (QED) is 0.524. The van der Waals surface area contributed by atoms with Gasteiger partial charge in [-0.25, -0.2) is 4.79 Å². The lowest BCUT2D eigenvalue weighted by Gasteiger charge is -2.36. The van der Waals surface area contributed by atoms with Crippen LogP contribution in [0.3, 0.4) is 0 Å². The molecule has 0 aromatic heterocycles. The summed E-state index contributed by atoms with van der Waals surface area (Å²) in [4.78, 5) is 20.7. The highest BCUT2D eigenvalue weighted by molar-refractivity contribution is 5.80. The van der Waals surface area contributed by atoms with E-state index in [1.54, 1.807) is 4.90 Å². The highest BCUT2D eigenvalue weighted by Gasteiger charge is 2.25. The van der Waals surface area contributed by atoms with E-state index >= 15 is 0 Å². The van der Waals surface area contributed by atoms with Crippen LogP contribution in [0.1, 0.15) is 58.8 Å². The molecule has 2 aliphatic heterocycles. The van der Waals surface area contributed by atoms with Crippen LogP contribution in [0.25, 0.3) is 0 Å². The SMILES string of the molecule is CCCCN1CCCCC1CNC(=NC)NC1CCN(C(=O)OCC)CC1. The zero-order valence-electron chi connectivity index (χ0n) is 17.5. The largest absolute Gasteiger partial charge is 0.450 e. The summed E-state index contributed by atoms with van der Waals surface area (Å²) in [6.45, 7) is 9.40. The summed E-state index contributed by atoms with van der Waals surface area (Å²) >= 11 is 0. The first kappa shape index (κ1) is 21.8. The third kappa shape index (κ3) is 7.20. The van der Waals surface area contributed by atoms with Crippen molar-refractivity contribution in [3.8, 4) is 0 Å². The average Bonchev–Trinajstić information content (AvgIpc) is 2.70. The number of nitrogens with zero attached hydrogens (tertiary/aromatic N) is 3. The second kappa shape index (κ2) is 12.1. The predicted molar refractivity (Wildman–Crippen MR) is 110 cm³/mol. The Labute approximate surface area is 164 Å². The predicted octanol–water partition coefficient (Wildman–Crippen LogP) is 2.43. The minimum Gasteiger partial charge on any atom is -0.450 e. The van der Waals surface area contributed by atoms with Gasteiger partial charge in [0.2, 0.25) is 0 Å². The molecule has 0 spiro atoms. The van der Waals surface area contributed by atoms with Gasteiger partial charge in [0.25, 0.3) is 0 Å². The van der Waals surface area contributed by atoms with Crippen LogP contribution in [0.15, 0.2) is 4.99 Å². The van der Waals surface area contributed by atoms with Crippen molar-refractivity contribution in [1.82, 2.24) is 20.4 Å². The number of carbonyl (C=O) groups is 1. The molecule has 0 aromatic rings. The molecule has 0 aromatic carbocycles. The molecule has 27 heavy (non-hydrogen) atoms. The van der Waals surface area contributed by atoms with Crippen LogP contribution in [0.5, 0.6) is 0 Å². The number of piperidine rings is 2. The van der Waals surface area contributed by atoms with Gasteiger partial charge in [0, 0.05) is 38.8 Å². The van der Waals surface area contributed by atoms with Crippen molar-refractivity contribution in [2.75, 3.05) is 46.4 Å². The molecule has 2 heterocycles. The summed E-state index contributed by atoms with van der Waals surface area (Å²) in [5.41, 5.74) is 0. The molecule has 2 saturated heterocycles. The fourth-order valence-electron chi connectivity index (χ4n) is 3.97. The summed E-state index contributed by atoms with van der Waals surface area (Å²) in [5, 5.41) is 7.08. The molecule has 1 atom stereocenters. The van der Waals surface area contributed by atoms with E-state index in [9.17, 15) is 4.79 Å². The number of ether oxygens (including phenoxy) is 1. The van der Waals surface area contributed by atoms with Crippen molar-refractivity contribution >= 4 is 12.1 Å². The van der Waals surface area contributed by atoms with E-state index in [0.29, 0.717) is 18.7 Å². The maximum Gasteiger partial charge on any atom is 0.409 e. The number of rotatable bonds is 7. The van der Waals surface area contributed by atoms with E-state index in [-0.39, 0.29) is 6.09 Å². The molecule has 156 valence electrons. The summed E-state index contributed by atoms with van der Waals surface area (Å²) in [6.07, 6.45) is 8.11. The van der Waals surface area contributed by atoms with Crippen molar-refractivity contribution in [2.45, 2.75) is 70.9 Å². The van der Waals surface area contributed by atoms with E-state index < -0.39 is 0 Å². The number of hydrogen-bond acceptors (Lipinski definition) is 4. The number of hydrogen-bond donors (Lipinski definition) is 2. The van der Waals surface area contributed by atoms with Gasteiger partial charge in [-0.05, 0) is 52.1 Å². The fraction of sp³-hybridized carbons (Fsp3) is 0.900. The minimum atomic E-state index is -0.192. The Morgan fingerprint density at radius 1 is 1.15 bits per heavy atom. The zero-order chi connectivity index (χ0) is 19.5. The molecular weight excluding hydrogens is 342 g/mol. The molecule has 2 fully saturated rings. The number of aliphatic imine (C=N–C) groups is 1. The Balaban J connectivity index is 1.73. The second-order valence-electron chi connectivity index (χ2n) is 7.60. The molecule has 2 rings (SSSR count). The molecule has 2 aliphatic rings. The van der Waals surface area contributed by atoms with Crippen molar-refractivity contribution in [3.63, 3.8) is 0 Å². The van der Waals surface area contributed by atoms with Gasteiger partial charge in [0.05, 0.1) is 6.61 Å². The highest BCUT2D eigenvalue weighted by atomic mass is 16.6. The van der Waals surface area contributed by atoms with E-state index in [1.807, 2.05) is 14.0 Å². The first-order valence-electron chi connectivity index (χ1n) is 10.8. The van der Waals surface area contributed by atoms with Gasteiger partial charge in [-0.2, -0.15) is 0 Å². The van der Waals surface area contributed by atoms with Gasteiger partial charge in [0.15, 0.2) is 5.96 Å². The minimum absolute atomic E-state index is 0.192. The van der Waals surface area contributed by atoms with Gasteiger partial charge < -0.3 is 20.3 Å². The Hall–Kier alpha value is -1.50. The molecular formula is C20H39N5O2. The Kier molecular flexibility index (Phi) is 9.73. The van der Waals surface area contributed by atoms with Crippen molar-refractivity contribution < 1.29 is 9.53 Å². The van der Waals surface area contributed by atoms with Crippen LogP contribution >= 0.6 is 0 Å². The number of carbonyl (C=O) groups excluding carboxylic acids is 1. The van der Waals surface area contributed by atoms with Crippen molar-refractivity contribution in [2.24, 2.45) is 4.99 Å². The molecule has 0 saturated carbocycles. The highest BCUT2D eigenvalue weighted by Crippen LogP contribution is 2.17. The van der Waals surface area contributed by atoms with E-state index in [2.05, 4.69) is 27.4 Å². The summed E-state index contributed by atoms with van der Waals surface area (Å²) < 4.78 is 5.09. The maximum absolute atomic E-state index is 11.8. The third-order valence-electron chi connectivity index (χ3n) is 5.64. The number of amides is 1. The number of nitrogens with one attached hydrogen (secondary N) is 2. The molecule has 2 N–H and O–H groups in total. The average molecular weight is 382 g/mol. The molecule has 7 nitrogen and oxygen atoms in total. The van der Waals surface area contributed by atoms with E-state index in [0.717, 1.165) is 38.4 Å². The molecule has 1 unspecified atom stereocenters. The monoisotopic (exact) mass is 381 g/mol. The Morgan fingerprint density at radius 3 is 2.59 bits per heavy atom. The molecule has 0 aliphatic carbocycles. The smallest absolute Gasteiger partial charge is 0.409 e. The lowest BCUT2D eigenvalue weighted by molar-refractivity contribution is 0.0962. The van der Waals surface area contributed by atoms with Gasteiger partial charge in [-0.15, -0.1) is 0 Å². The van der Waals surface area contributed by atoms with Crippen LogP contribution in [0.4, 0.5) is 4.79 Å². The fourth-order valence-corrected chi connectivity index (χ4v) is 3.97. The third-order valence-corrected chi connectivity index (χ3v) is 5.64. The Morgan fingerprint density at radius 2 is 1.93 bits per heavy atom. The normalized spacial score (nSPS) is 22.6. The summed E-state index contributed by atoms with van der Waals surface area (Å²) in [5.74, 6) is 0.880. The lowest BCUT2D eigenvalue weighted by Crippen LogP contribution is -2.53. The van der Waals surface area contributed by atoms with Crippen LogP contribution in [0.2, 0.25) is 0 Å². The first-order chi connectivity index (χ1) is 13.2. The molecule has 7 heteroatoms. The van der Waals surface area contributed by atoms with E-state index in [1.165, 1.54) is 45.2 Å². The molecule has 0 radical (unpaired) electrons. The van der Waals surface area contributed by atoms with Crippen LogP contribution in [-0.4, -0.2) is 80.3 Å². The van der Waals surface area contributed by atoms with Gasteiger partial charge in [-0.1, -0.05) is 19.8 Å². The Bertz CT molecular complexity index is 463. The van der Waals surface area contributed by atoms with E-state index in [4.69, 9.17) is 4.74 Å². The van der Waals surface area contributed by atoms with Gasteiger partial charge in [-0.3, -0.25) is 9.89 Å². The lowest BCUT2D eigenvalue weighted by atomic mass is 10.0. The molecule has 0 bridgehead atoms. The van der Waals surface area contributed by atoms with Crippen LogP contribution < -0.4 is 10.6 Å². The van der Waals surface area contributed by atoms with Crippen molar-refractivity contribution in [3.05, 3.63) is 0 Å². The number of unbranched alkanes of at least 4 members (excludes halogenated alkanes) is 1. The molecule has 1 amide bonds. The number of guanidine groups is 1. The standard InChI is InChI=1S/C20H39N5O2/c1-4-6-12-24-13-8-7-9-18(24)16-22-19(21-3)23-17-10-14-25(15-11-17)20(26)27-5-2/h17-18H,4-16H2,1-3H3,(H2,21,22,23). The van der Waals surface area contributed by atoms with Crippen LogP contribution in [-0.2, 0) is 4.74 Å². The second-order valence-corrected chi connectivity index (χ2v) is 7.60. The van der Waals surface area contributed by atoms with Crippen molar-refractivity contribution in [1.29, 1.82) is 0 Å². The maximum atomic E-state index is 11.8.